The Morgan fingerprint density at radius 1 is 1.35 bits per heavy atom. The Morgan fingerprint density at radius 3 is 2.80 bits per heavy atom. The van der Waals surface area contributed by atoms with Gasteiger partial charge in [-0.15, -0.1) is 0 Å². The lowest BCUT2D eigenvalue weighted by atomic mass is 10.2. The van der Waals surface area contributed by atoms with E-state index in [1.807, 2.05) is 48.0 Å². The van der Waals surface area contributed by atoms with Gasteiger partial charge in [0.25, 0.3) is 0 Å². The number of furan rings is 1. The zero-order valence-electron chi connectivity index (χ0n) is 10.7. The van der Waals surface area contributed by atoms with Gasteiger partial charge >= 0.3 is 0 Å². The van der Waals surface area contributed by atoms with Gasteiger partial charge in [-0.25, -0.2) is 4.98 Å². The van der Waals surface area contributed by atoms with Gasteiger partial charge in [-0.3, -0.25) is 0 Å². The number of rotatable bonds is 2. The predicted octanol–water partition coefficient (Wildman–Crippen LogP) is 3.84. The molecule has 4 nitrogen and oxygen atoms in total. The average Bonchev–Trinajstić information content (AvgIpc) is 3.01. The van der Waals surface area contributed by atoms with E-state index in [9.17, 15) is 5.26 Å². The predicted molar refractivity (Wildman–Crippen MR) is 85.6 cm³/mol. The van der Waals surface area contributed by atoms with Crippen LogP contribution < -0.4 is 0 Å². The Bertz CT molecular complexity index is 852. The molecular weight excluding hydrogens is 365 g/mol. The van der Waals surface area contributed by atoms with Crippen molar-refractivity contribution in [1.29, 1.82) is 5.26 Å². The number of imidazole rings is 1. The zero-order valence-corrected chi connectivity index (χ0v) is 12.8. The number of nitriles is 1. The molecule has 0 N–H and O–H groups in total. The second kappa shape index (κ2) is 5.13. The van der Waals surface area contributed by atoms with Crippen LogP contribution in [-0.2, 0) is 7.05 Å². The molecule has 0 spiro atoms. The highest BCUT2D eigenvalue weighted by Gasteiger charge is 2.12. The molecule has 0 aliphatic rings. The SMILES string of the molecule is Cn1c(/C(C#N)=C/c2ccc(I)o2)nc2ccccc21. The molecule has 2 aromatic heterocycles. The van der Waals surface area contributed by atoms with Crippen molar-refractivity contribution in [2.75, 3.05) is 0 Å². The van der Waals surface area contributed by atoms with E-state index in [1.165, 1.54) is 0 Å². The number of hydrogen-bond acceptors (Lipinski definition) is 3. The summed E-state index contributed by atoms with van der Waals surface area (Å²) in [5.74, 6) is 1.29. The van der Waals surface area contributed by atoms with Gasteiger partial charge in [-0.1, -0.05) is 12.1 Å². The Labute approximate surface area is 129 Å². The van der Waals surface area contributed by atoms with Crippen LogP contribution >= 0.6 is 22.6 Å². The molecule has 0 aliphatic carbocycles. The number of aryl methyl sites for hydroxylation is 1. The topological polar surface area (TPSA) is 54.8 Å². The van der Waals surface area contributed by atoms with Crippen LogP contribution in [0.4, 0.5) is 0 Å². The van der Waals surface area contributed by atoms with Gasteiger partial charge in [0.2, 0.25) is 0 Å². The van der Waals surface area contributed by atoms with Crippen molar-refractivity contribution < 1.29 is 4.42 Å². The number of allylic oxidation sites excluding steroid dienone is 1. The monoisotopic (exact) mass is 375 g/mol. The van der Waals surface area contributed by atoms with E-state index >= 15 is 0 Å². The lowest BCUT2D eigenvalue weighted by Gasteiger charge is -1.99. The van der Waals surface area contributed by atoms with Gasteiger partial charge in [0, 0.05) is 13.1 Å². The maximum Gasteiger partial charge on any atom is 0.164 e. The van der Waals surface area contributed by atoms with Gasteiger partial charge in [0.1, 0.15) is 11.8 Å². The number of nitrogens with zero attached hydrogens (tertiary/aromatic N) is 3. The largest absolute Gasteiger partial charge is 0.451 e. The fourth-order valence-electron chi connectivity index (χ4n) is 2.08. The lowest BCUT2D eigenvalue weighted by molar-refractivity contribution is 0.528. The van der Waals surface area contributed by atoms with Crippen LogP contribution in [0.1, 0.15) is 11.6 Å². The number of hydrogen-bond donors (Lipinski definition) is 0. The summed E-state index contributed by atoms with van der Waals surface area (Å²) < 4.78 is 8.18. The summed E-state index contributed by atoms with van der Waals surface area (Å²) in [6.07, 6.45) is 1.71. The Hall–Kier alpha value is -2.07. The summed E-state index contributed by atoms with van der Waals surface area (Å²) in [7, 11) is 1.90. The van der Waals surface area contributed by atoms with E-state index < -0.39 is 0 Å². The zero-order chi connectivity index (χ0) is 14.1. The fourth-order valence-corrected chi connectivity index (χ4v) is 2.52. The molecule has 0 saturated carbocycles. The number of para-hydroxylation sites is 2. The Balaban J connectivity index is 2.15. The lowest BCUT2D eigenvalue weighted by Crippen LogP contribution is -1.95. The van der Waals surface area contributed by atoms with Crippen LogP contribution in [0.2, 0.25) is 0 Å². The van der Waals surface area contributed by atoms with Crippen molar-refractivity contribution in [2.24, 2.45) is 7.05 Å². The van der Waals surface area contributed by atoms with Crippen LogP contribution in [0, 0.1) is 15.1 Å². The third kappa shape index (κ3) is 2.23. The molecule has 0 amide bonds. The molecule has 0 atom stereocenters. The summed E-state index contributed by atoms with van der Waals surface area (Å²) >= 11 is 2.09. The van der Waals surface area contributed by atoms with Crippen LogP contribution in [0.3, 0.4) is 0 Å². The highest BCUT2D eigenvalue weighted by atomic mass is 127. The summed E-state index contributed by atoms with van der Waals surface area (Å²) in [4.78, 5) is 4.52. The van der Waals surface area contributed by atoms with Gasteiger partial charge < -0.3 is 8.98 Å². The quantitative estimate of drug-likeness (QED) is 0.505. The molecule has 0 fully saturated rings. The highest BCUT2D eigenvalue weighted by Crippen LogP contribution is 2.22. The van der Waals surface area contributed by atoms with Gasteiger partial charge in [-0.2, -0.15) is 5.26 Å². The number of aromatic nitrogens is 2. The third-order valence-corrected chi connectivity index (χ3v) is 3.61. The van der Waals surface area contributed by atoms with Crippen molar-refractivity contribution in [3.8, 4) is 6.07 Å². The van der Waals surface area contributed by atoms with Crippen molar-refractivity contribution in [2.45, 2.75) is 0 Å². The first-order valence-electron chi connectivity index (χ1n) is 5.98. The highest BCUT2D eigenvalue weighted by molar-refractivity contribution is 14.1. The van der Waals surface area contributed by atoms with E-state index in [-0.39, 0.29) is 0 Å². The van der Waals surface area contributed by atoms with E-state index in [1.54, 1.807) is 6.08 Å². The molecular formula is C15H10IN3O. The van der Waals surface area contributed by atoms with Gasteiger partial charge in [-0.05, 0) is 46.9 Å². The van der Waals surface area contributed by atoms with E-state index in [0.29, 0.717) is 17.2 Å². The first-order valence-corrected chi connectivity index (χ1v) is 7.06. The van der Waals surface area contributed by atoms with Crippen LogP contribution in [0.15, 0.2) is 40.8 Å². The minimum atomic E-state index is 0.481. The van der Waals surface area contributed by atoms with E-state index in [0.717, 1.165) is 14.8 Å². The van der Waals surface area contributed by atoms with E-state index in [4.69, 9.17) is 4.42 Å². The van der Waals surface area contributed by atoms with Gasteiger partial charge in [0.15, 0.2) is 9.59 Å². The summed E-state index contributed by atoms with van der Waals surface area (Å²) in [6, 6.07) is 13.7. The summed E-state index contributed by atoms with van der Waals surface area (Å²) in [5, 5.41) is 9.38. The molecule has 20 heavy (non-hydrogen) atoms. The second-order valence-corrected chi connectivity index (χ2v) is 5.36. The summed E-state index contributed by atoms with van der Waals surface area (Å²) in [6.45, 7) is 0. The summed E-state index contributed by atoms with van der Waals surface area (Å²) in [5.41, 5.74) is 2.35. The minimum Gasteiger partial charge on any atom is -0.451 e. The Kier molecular flexibility index (Phi) is 3.32. The number of fused-ring (bicyclic) bond motifs is 1. The Morgan fingerprint density at radius 2 is 2.15 bits per heavy atom. The molecule has 0 unspecified atom stereocenters. The normalized spacial score (nSPS) is 11.8. The molecule has 98 valence electrons. The van der Waals surface area contributed by atoms with E-state index in [2.05, 4.69) is 33.6 Å². The minimum absolute atomic E-state index is 0.481. The van der Waals surface area contributed by atoms with Crippen molar-refractivity contribution in [3.05, 3.63) is 51.7 Å². The van der Waals surface area contributed by atoms with Crippen LogP contribution in [0.25, 0.3) is 22.7 Å². The molecule has 5 heteroatoms. The number of halogens is 1. The second-order valence-electron chi connectivity index (χ2n) is 4.29. The molecule has 1 aromatic carbocycles. The first-order chi connectivity index (χ1) is 9.69. The molecule has 0 radical (unpaired) electrons. The number of benzene rings is 1. The maximum absolute atomic E-state index is 9.38. The van der Waals surface area contributed by atoms with Crippen molar-refractivity contribution in [3.63, 3.8) is 0 Å². The van der Waals surface area contributed by atoms with Crippen LogP contribution in [0.5, 0.6) is 0 Å². The molecule has 0 saturated heterocycles. The van der Waals surface area contributed by atoms with Crippen molar-refractivity contribution >= 4 is 45.3 Å². The molecule has 3 rings (SSSR count). The smallest absolute Gasteiger partial charge is 0.164 e. The molecule has 2 heterocycles. The standard InChI is InChI=1S/C15H10IN3O/c1-19-13-5-3-2-4-12(13)18-15(19)10(9-17)8-11-6-7-14(16)20-11/h2-8H,1H3/b10-8+. The first kappa shape index (κ1) is 12.9. The maximum atomic E-state index is 9.38. The average molecular weight is 375 g/mol. The van der Waals surface area contributed by atoms with Gasteiger partial charge in [0.05, 0.1) is 16.6 Å². The fraction of sp³-hybridized carbons (Fsp3) is 0.0667. The molecule has 3 aromatic rings. The third-order valence-electron chi connectivity index (χ3n) is 3.03. The van der Waals surface area contributed by atoms with Crippen molar-refractivity contribution in [1.82, 2.24) is 9.55 Å². The molecule has 0 bridgehead atoms. The van der Waals surface area contributed by atoms with Crippen LogP contribution in [-0.4, -0.2) is 9.55 Å². The molecule has 0 aliphatic heterocycles.